The van der Waals surface area contributed by atoms with Gasteiger partial charge in [-0.15, -0.1) is 0 Å². The summed E-state index contributed by atoms with van der Waals surface area (Å²) < 4.78 is 0. The van der Waals surface area contributed by atoms with Crippen LogP contribution in [0, 0.1) is 5.41 Å². The normalized spacial score (nSPS) is 19.8. The third kappa shape index (κ3) is 2.18. The Bertz CT molecular complexity index is 449. The van der Waals surface area contributed by atoms with Crippen molar-refractivity contribution in [1.29, 1.82) is 5.41 Å². The zero-order valence-corrected chi connectivity index (χ0v) is 10.1. The molecule has 1 heterocycles. The number of nitrogens with one attached hydrogen (secondary N) is 2. The minimum absolute atomic E-state index is 0.733. The number of allylic oxidation sites excluding steroid dienone is 1. The molecule has 1 fully saturated rings. The molecule has 0 aliphatic carbocycles. The molecule has 1 saturated heterocycles. The molecule has 0 saturated carbocycles. The zero-order valence-electron chi connectivity index (χ0n) is 9.31. The van der Waals surface area contributed by atoms with E-state index in [-0.39, 0.29) is 0 Å². The Morgan fingerprint density at radius 3 is 2.81 bits per heavy atom. The van der Waals surface area contributed by atoms with Crippen molar-refractivity contribution in [2.24, 2.45) is 0 Å². The summed E-state index contributed by atoms with van der Waals surface area (Å²) in [5.41, 5.74) is 3.96. The third-order valence-electron chi connectivity index (χ3n) is 2.95. The summed E-state index contributed by atoms with van der Waals surface area (Å²) in [4.78, 5) is 0. The van der Waals surface area contributed by atoms with Gasteiger partial charge >= 0.3 is 0 Å². The van der Waals surface area contributed by atoms with Gasteiger partial charge < -0.3 is 10.7 Å². The Balaban J connectivity index is 2.43. The quantitative estimate of drug-likeness (QED) is 0.770. The summed E-state index contributed by atoms with van der Waals surface area (Å²) >= 11 is 6.16. The maximum Gasteiger partial charge on any atom is 0.0481 e. The second kappa shape index (κ2) is 4.81. The van der Waals surface area contributed by atoms with E-state index in [9.17, 15) is 0 Å². The fourth-order valence-corrected chi connectivity index (χ4v) is 2.25. The predicted octanol–water partition coefficient (Wildman–Crippen LogP) is 3.13. The van der Waals surface area contributed by atoms with Gasteiger partial charge in [0.25, 0.3) is 0 Å². The van der Waals surface area contributed by atoms with E-state index < -0.39 is 0 Å². The highest BCUT2D eigenvalue weighted by molar-refractivity contribution is 6.32. The lowest BCUT2D eigenvalue weighted by molar-refractivity contribution is 0.728. The summed E-state index contributed by atoms with van der Waals surface area (Å²) in [5, 5.41) is 12.0. The number of hydrogen-bond donors (Lipinski definition) is 2. The molecule has 2 N–H and O–H groups in total. The zero-order chi connectivity index (χ0) is 11.5. The Morgan fingerprint density at radius 2 is 2.12 bits per heavy atom. The van der Waals surface area contributed by atoms with E-state index in [0.29, 0.717) is 0 Å². The first-order valence-corrected chi connectivity index (χ1v) is 5.81. The number of halogens is 1. The number of piperidine rings is 1. The lowest BCUT2D eigenvalue weighted by atomic mass is 9.94. The smallest absolute Gasteiger partial charge is 0.0481 e. The van der Waals surface area contributed by atoms with Gasteiger partial charge in [0.15, 0.2) is 0 Å². The lowest BCUT2D eigenvalue weighted by Gasteiger charge is -2.20. The third-order valence-corrected chi connectivity index (χ3v) is 3.28. The highest BCUT2D eigenvalue weighted by Crippen LogP contribution is 2.27. The average molecular weight is 235 g/mol. The van der Waals surface area contributed by atoms with Crippen molar-refractivity contribution in [3.63, 3.8) is 0 Å². The van der Waals surface area contributed by atoms with Gasteiger partial charge in [-0.25, -0.2) is 0 Å². The van der Waals surface area contributed by atoms with Crippen LogP contribution >= 0.6 is 11.6 Å². The Labute approximate surface area is 101 Å². The molecule has 1 aromatic rings. The van der Waals surface area contributed by atoms with Gasteiger partial charge in [-0.2, -0.15) is 0 Å². The van der Waals surface area contributed by atoms with E-state index in [0.717, 1.165) is 47.0 Å². The molecule has 0 amide bonds. The highest BCUT2D eigenvalue weighted by Gasteiger charge is 2.15. The first kappa shape index (κ1) is 11.4. The van der Waals surface area contributed by atoms with Gasteiger partial charge in [0.2, 0.25) is 0 Å². The molecule has 0 spiro atoms. The van der Waals surface area contributed by atoms with E-state index in [1.54, 1.807) is 0 Å². The Kier molecular flexibility index (Phi) is 3.42. The SMILES string of the molecule is C/C(=C1/CNCCC1=N)c1ccccc1Cl. The van der Waals surface area contributed by atoms with Crippen LogP contribution in [0.25, 0.3) is 5.57 Å². The number of benzene rings is 1. The first-order chi connectivity index (χ1) is 7.70. The van der Waals surface area contributed by atoms with Crippen LogP contribution in [0.5, 0.6) is 0 Å². The van der Waals surface area contributed by atoms with Gasteiger partial charge in [0, 0.05) is 30.2 Å². The minimum atomic E-state index is 0.733. The Morgan fingerprint density at radius 1 is 1.38 bits per heavy atom. The number of hydrogen-bond acceptors (Lipinski definition) is 2. The van der Waals surface area contributed by atoms with E-state index in [2.05, 4.69) is 5.32 Å². The second-order valence-corrected chi connectivity index (χ2v) is 4.40. The lowest BCUT2D eigenvalue weighted by Crippen LogP contribution is -2.30. The molecule has 2 nitrogen and oxygen atoms in total. The summed E-state index contributed by atoms with van der Waals surface area (Å²) in [6.07, 6.45) is 0.803. The fraction of sp³-hybridized carbons (Fsp3) is 0.308. The second-order valence-electron chi connectivity index (χ2n) is 3.99. The molecule has 1 aromatic carbocycles. The van der Waals surface area contributed by atoms with Crippen molar-refractivity contribution in [2.45, 2.75) is 13.3 Å². The summed E-state index contributed by atoms with van der Waals surface area (Å²) in [7, 11) is 0. The van der Waals surface area contributed by atoms with Crippen LogP contribution in [-0.4, -0.2) is 18.8 Å². The van der Waals surface area contributed by atoms with Gasteiger partial charge in [-0.05, 0) is 29.7 Å². The van der Waals surface area contributed by atoms with E-state index >= 15 is 0 Å². The van der Waals surface area contributed by atoms with Crippen LogP contribution in [0.4, 0.5) is 0 Å². The monoisotopic (exact) mass is 234 g/mol. The van der Waals surface area contributed by atoms with Gasteiger partial charge in [0.05, 0.1) is 0 Å². The van der Waals surface area contributed by atoms with Gasteiger partial charge in [0.1, 0.15) is 0 Å². The Hall–Kier alpha value is -1.12. The summed E-state index contributed by atoms with van der Waals surface area (Å²) in [5.74, 6) is 0. The first-order valence-electron chi connectivity index (χ1n) is 5.43. The predicted molar refractivity (Wildman–Crippen MR) is 69.3 cm³/mol. The molecule has 1 aliphatic heterocycles. The minimum Gasteiger partial charge on any atom is -0.312 e. The van der Waals surface area contributed by atoms with E-state index in [1.807, 2.05) is 31.2 Å². The standard InChI is InChI=1S/C13H15ClN2/c1-9(10-4-2-3-5-12(10)14)11-8-16-7-6-13(11)15/h2-5,15-16H,6-8H2,1H3/b11-9+,15-13?. The average Bonchev–Trinajstić information content (AvgIpc) is 2.29. The molecule has 84 valence electrons. The molecule has 2 rings (SSSR count). The largest absolute Gasteiger partial charge is 0.312 e. The molecular weight excluding hydrogens is 220 g/mol. The van der Waals surface area contributed by atoms with Crippen LogP contribution < -0.4 is 5.32 Å². The molecule has 16 heavy (non-hydrogen) atoms. The van der Waals surface area contributed by atoms with E-state index in [1.165, 1.54) is 0 Å². The van der Waals surface area contributed by atoms with Crippen LogP contribution in [0.2, 0.25) is 5.02 Å². The molecule has 0 unspecified atom stereocenters. The van der Waals surface area contributed by atoms with Crippen molar-refractivity contribution < 1.29 is 0 Å². The van der Waals surface area contributed by atoms with Crippen molar-refractivity contribution in [3.8, 4) is 0 Å². The molecule has 0 bridgehead atoms. The van der Waals surface area contributed by atoms with Crippen LogP contribution in [0.1, 0.15) is 18.9 Å². The van der Waals surface area contributed by atoms with E-state index in [4.69, 9.17) is 17.0 Å². The molecule has 0 aromatic heterocycles. The fourth-order valence-electron chi connectivity index (χ4n) is 1.97. The number of rotatable bonds is 1. The topological polar surface area (TPSA) is 35.9 Å². The van der Waals surface area contributed by atoms with Crippen molar-refractivity contribution in [3.05, 3.63) is 40.4 Å². The van der Waals surface area contributed by atoms with Crippen molar-refractivity contribution in [2.75, 3.05) is 13.1 Å². The molecule has 0 atom stereocenters. The highest BCUT2D eigenvalue weighted by atomic mass is 35.5. The maximum atomic E-state index is 7.96. The van der Waals surface area contributed by atoms with Gasteiger partial charge in [-0.3, -0.25) is 0 Å². The van der Waals surface area contributed by atoms with Crippen LogP contribution in [0.15, 0.2) is 29.8 Å². The molecule has 3 heteroatoms. The molecular formula is C13H15ClN2. The summed E-state index contributed by atoms with van der Waals surface area (Å²) in [6.45, 7) is 3.71. The van der Waals surface area contributed by atoms with Crippen molar-refractivity contribution in [1.82, 2.24) is 5.32 Å². The summed E-state index contributed by atoms with van der Waals surface area (Å²) in [6, 6.07) is 7.80. The van der Waals surface area contributed by atoms with Crippen molar-refractivity contribution >= 4 is 22.9 Å². The van der Waals surface area contributed by atoms with Gasteiger partial charge in [-0.1, -0.05) is 29.8 Å². The maximum absolute atomic E-state index is 7.96. The van der Waals surface area contributed by atoms with Crippen LogP contribution in [-0.2, 0) is 0 Å². The molecule has 1 aliphatic rings. The molecule has 0 radical (unpaired) electrons. The van der Waals surface area contributed by atoms with Crippen LogP contribution in [0.3, 0.4) is 0 Å².